The Morgan fingerprint density at radius 2 is 1.93 bits per heavy atom. The summed E-state index contributed by atoms with van der Waals surface area (Å²) in [4.78, 5) is 11.4. The third-order valence-electron chi connectivity index (χ3n) is 2.95. The van der Waals surface area contributed by atoms with E-state index in [1.807, 2.05) is 0 Å². The Bertz CT molecular complexity index is 228. The molecule has 1 aliphatic carbocycles. The minimum atomic E-state index is -2.92. The lowest BCUT2D eigenvalue weighted by Crippen LogP contribution is -2.48. The van der Waals surface area contributed by atoms with Crippen LogP contribution in [0.3, 0.4) is 0 Å². The topological polar surface area (TPSA) is 26.3 Å². The van der Waals surface area contributed by atoms with Crippen molar-refractivity contribution < 1.29 is 18.3 Å². The Labute approximate surface area is 82.6 Å². The Morgan fingerprint density at radius 3 is 2.43 bits per heavy atom. The Kier molecular flexibility index (Phi) is 3.12. The number of alkyl halides is 2. The van der Waals surface area contributed by atoms with E-state index in [1.54, 1.807) is 6.92 Å². The molecule has 0 amide bonds. The van der Waals surface area contributed by atoms with Crippen molar-refractivity contribution in [1.29, 1.82) is 0 Å². The lowest BCUT2D eigenvalue weighted by molar-refractivity contribution is -0.191. The summed E-state index contributed by atoms with van der Waals surface area (Å²) in [6.45, 7) is 3.09. The standard InChI is InChI=1S/C10H16F2O2/c1-3-14-8(13)9(2)6-4-5-7-10(9,11)12/h3-7H2,1-2H3. The molecule has 14 heavy (non-hydrogen) atoms. The fourth-order valence-corrected chi connectivity index (χ4v) is 1.83. The second kappa shape index (κ2) is 3.83. The Hall–Kier alpha value is -0.670. The molecule has 82 valence electrons. The molecule has 1 rings (SSSR count). The van der Waals surface area contributed by atoms with Crippen LogP contribution in [-0.2, 0) is 9.53 Å². The first-order valence-electron chi connectivity index (χ1n) is 4.99. The molecule has 0 N–H and O–H groups in total. The molecule has 1 fully saturated rings. The smallest absolute Gasteiger partial charge is 0.317 e. The van der Waals surface area contributed by atoms with Crippen LogP contribution < -0.4 is 0 Å². The largest absolute Gasteiger partial charge is 0.465 e. The highest BCUT2D eigenvalue weighted by atomic mass is 19.3. The highest BCUT2D eigenvalue weighted by Crippen LogP contribution is 2.48. The molecule has 0 radical (unpaired) electrons. The van der Waals surface area contributed by atoms with Gasteiger partial charge in [0.2, 0.25) is 0 Å². The molecule has 0 aliphatic heterocycles. The summed E-state index contributed by atoms with van der Waals surface area (Å²) in [6.07, 6.45) is 1.17. The van der Waals surface area contributed by atoms with Crippen molar-refractivity contribution in [3.05, 3.63) is 0 Å². The van der Waals surface area contributed by atoms with Crippen LogP contribution in [0.2, 0.25) is 0 Å². The van der Waals surface area contributed by atoms with Crippen LogP contribution in [0.15, 0.2) is 0 Å². The highest BCUT2D eigenvalue weighted by Gasteiger charge is 2.57. The van der Waals surface area contributed by atoms with Crippen LogP contribution >= 0.6 is 0 Å². The molecule has 0 aromatic carbocycles. The minimum absolute atomic E-state index is 0.157. The van der Waals surface area contributed by atoms with Crippen LogP contribution in [0.25, 0.3) is 0 Å². The third-order valence-corrected chi connectivity index (χ3v) is 2.95. The zero-order chi connectivity index (χ0) is 10.8. The first-order chi connectivity index (χ1) is 6.44. The van der Waals surface area contributed by atoms with Crippen LogP contribution in [0.1, 0.15) is 39.5 Å². The summed E-state index contributed by atoms with van der Waals surface area (Å²) >= 11 is 0. The van der Waals surface area contributed by atoms with Crippen molar-refractivity contribution in [2.75, 3.05) is 6.61 Å². The molecule has 2 nitrogen and oxygen atoms in total. The summed E-state index contributed by atoms with van der Waals surface area (Å²) in [7, 11) is 0. The first kappa shape index (κ1) is 11.4. The Balaban J connectivity index is 2.83. The van der Waals surface area contributed by atoms with Gasteiger partial charge in [0.1, 0.15) is 5.41 Å². The molecule has 0 saturated heterocycles. The zero-order valence-electron chi connectivity index (χ0n) is 8.61. The lowest BCUT2D eigenvalue weighted by Gasteiger charge is -2.38. The van der Waals surface area contributed by atoms with Gasteiger partial charge in [-0.05, 0) is 26.7 Å². The predicted octanol–water partition coefficient (Wildman–Crippen LogP) is 2.77. The van der Waals surface area contributed by atoms with Gasteiger partial charge in [0.05, 0.1) is 6.61 Å². The van der Waals surface area contributed by atoms with Gasteiger partial charge in [-0.2, -0.15) is 0 Å². The van der Waals surface area contributed by atoms with E-state index in [9.17, 15) is 13.6 Å². The molecule has 4 heteroatoms. The minimum Gasteiger partial charge on any atom is -0.465 e. The third kappa shape index (κ3) is 1.74. The van der Waals surface area contributed by atoms with Gasteiger partial charge in [0.25, 0.3) is 5.92 Å². The zero-order valence-corrected chi connectivity index (χ0v) is 8.61. The van der Waals surface area contributed by atoms with E-state index in [2.05, 4.69) is 0 Å². The molecule has 1 atom stereocenters. The average Bonchev–Trinajstić information content (AvgIpc) is 2.10. The molecular weight excluding hydrogens is 190 g/mol. The quantitative estimate of drug-likeness (QED) is 0.649. The number of carbonyl (C=O) groups excluding carboxylic acids is 1. The molecule has 0 heterocycles. The van der Waals surface area contributed by atoms with Crippen molar-refractivity contribution in [1.82, 2.24) is 0 Å². The monoisotopic (exact) mass is 206 g/mol. The SMILES string of the molecule is CCOC(=O)C1(C)CCCCC1(F)F. The maximum absolute atomic E-state index is 13.5. The van der Waals surface area contributed by atoms with E-state index in [1.165, 1.54) is 6.92 Å². The number of carbonyl (C=O) groups is 1. The van der Waals surface area contributed by atoms with Gasteiger partial charge in [-0.15, -0.1) is 0 Å². The molecule has 1 saturated carbocycles. The number of rotatable bonds is 2. The summed E-state index contributed by atoms with van der Waals surface area (Å²) in [5, 5.41) is 0. The van der Waals surface area contributed by atoms with Crippen LogP contribution in [0.5, 0.6) is 0 Å². The summed E-state index contributed by atoms with van der Waals surface area (Å²) in [6, 6.07) is 0. The van der Waals surface area contributed by atoms with Gasteiger partial charge in [0.15, 0.2) is 0 Å². The van der Waals surface area contributed by atoms with Gasteiger partial charge in [0, 0.05) is 6.42 Å². The van der Waals surface area contributed by atoms with Gasteiger partial charge >= 0.3 is 5.97 Å². The lowest BCUT2D eigenvalue weighted by atomic mass is 9.72. The second-order valence-electron chi connectivity index (χ2n) is 3.96. The second-order valence-corrected chi connectivity index (χ2v) is 3.96. The number of ether oxygens (including phenoxy) is 1. The van der Waals surface area contributed by atoms with E-state index in [0.717, 1.165) is 0 Å². The van der Waals surface area contributed by atoms with Crippen molar-refractivity contribution in [2.24, 2.45) is 5.41 Å². The van der Waals surface area contributed by atoms with Gasteiger partial charge in [-0.3, -0.25) is 4.79 Å². The van der Waals surface area contributed by atoms with Gasteiger partial charge in [-0.1, -0.05) is 6.42 Å². The Morgan fingerprint density at radius 1 is 1.36 bits per heavy atom. The number of hydrogen-bond acceptors (Lipinski definition) is 2. The maximum Gasteiger partial charge on any atom is 0.317 e. The molecular formula is C10H16F2O2. The normalized spacial score (nSPS) is 31.1. The maximum atomic E-state index is 13.5. The van der Waals surface area contributed by atoms with Crippen molar-refractivity contribution in [3.63, 3.8) is 0 Å². The number of esters is 1. The molecule has 1 aliphatic rings. The fraction of sp³-hybridized carbons (Fsp3) is 0.900. The highest BCUT2D eigenvalue weighted by molar-refractivity contribution is 5.77. The molecule has 1 unspecified atom stereocenters. The number of hydrogen-bond donors (Lipinski definition) is 0. The summed E-state index contributed by atoms with van der Waals surface area (Å²) in [5.74, 6) is -3.68. The summed E-state index contributed by atoms with van der Waals surface area (Å²) in [5.41, 5.74) is -1.61. The predicted molar refractivity (Wildman–Crippen MR) is 48.2 cm³/mol. The van der Waals surface area contributed by atoms with E-state index < -0.39 is 17.3 Å². The van der Waals surface area contributed by atoms with E-state index >= 15 is 0 Å². The van der Waals surface area contributed by atoms with Gasteiger partial charge < -0.3 is 4.74 Å². The van der Waals surface area contributed by atoms with Crippen molar-refractivity contribution in [2.45, 2.75) is 45.5 Å². The molecule has 0 aromatic rings. The van der Waals surface area contributed by atoms with Crippen molar-refractivity contribution >= 4 is 5.97 Å². The number of halogens is 2. The van der Waals surface area contributed by atoms with Gasteiger partial charge in [-0.25, -0.2) is 8.78 Å². The van der Waals surface area contributed by atoms with E-state index in [0.29, 0.717) is 12.8 Å². The van der Waals surface area contributed by atoms with Crippen LogP contribution in [0, 0.1) is 5.41 Å². The van der Waals surface area contributed by atoms with Crippen LogP contribution in [-0.4, -0.2) is 18.5 Å². The molecule has 0 spiro atoms. The average molecular weight is 206 g/mol. The van der Waals surface area contributed by atoms with Crippen LogP contribution in [0.4, 0.5) is 8.78 Å². The molecule has 0 bridgehead atoms. The van der Waals surface area contributed by atoms with Crippen molar-refractivity contribution in [3.8, 4) is 0 Å². The first-order valence-corrected chi connectivity index (χ1v) is 4.99. The van der Waals surface area contributed by atoms with E-state index in [4.69, 9.17) is 4.74 Å². The van der Waals surface area contributed by atoms with E-state index in [-0.39, 0.29) is 19.4 Å². The summed E-state index contributed by atoms with van der Waals surface area (Å²) < 4.78 is 31.8. The fourth-order valence-electron chi connectivity index (χ4n) is 1.83. The molecule has 0 aromatic heterocycles.